The van der Waals surface area contributed by atoms with Gasteiger partial charge in [0, 0.05) is 24.7 Å². The van der Waals surface area contributed by atoms with Crippen LogP contribution < -0.4 is 10.1 Å². The Kier molecular flexibility index (Phi) is 3.88. The predicted octanol–water partition coefficient (Wildman–Crippen LogP) is 2.32. The number of hydrogen-bond donors (Lipinski definition) is 1. The summed E-state index contributed by atoms with van der Waals surface area (Å²) in [5.74, 6) is 0.759. The van der Waals surface area contributed by atoms with Crippen LogP contribution in [-0.2, 0) is 7.05 Å². The Bertz CT molecular complexity index is 640. The van der Waals surface area contributed by atoms with Gasteiger partial charge in [-0.15, -0.1) is 0 Å². The summed E-state index contributed by atoms with van der Waals surface area (Å²) in [6, 6.07) is 11.6. The Labute approximate surface area is 130 Å². The molecule has 5 nitrogen and oxygen atoms in total. The molecule has 5 heteroatoms. The number of ether oxygens (including phenoxy) is 1. The molecule has 1 heterocycles. The first-order valence-corrected chi connectivity index (χ1v) is 7.55. The standard InChI is InChI=1S/C17H21N3O2/c1-13-10-15(19-20(13)2)16(21)18-11-17(8-9-17)12-22-14-6-4-3-5-7-14/h3-7,10H,8-9,11-12H2,1-2H3,(H,18,21). The number of amides is 1. The minimum absolute atomic E-state index is 0.0787. The zero-order chi connectivity index (χ0) is 15.6. The quantitative estimate of drug-likeness (QED) is 0.890. The van der Waals surface area contributed by atoms with Crippen molar-refractivity contribution >= 4 is 5.91 Å². The zero-order valence-electron chi connectivity index (χ0n) is 13.0. The molecule has 1 N–H and O–H groups in total. The molecule has 1 fully saturated rings. The monoisotopic (exact) mass is 299 g/mol. The van der Waals surface area contributed by atoms with E-state index in [1.165, 1.54) is 0 Å². The van der Waals surface area contributed by atoms with Gasteiger partial charge in [0.1, 0.15) is 11.4 Å². The van der Waals surface area contributed by atoms with E-state index >= 15 is 0 Å². The number of carbonyl (C=O) groups excluding carboxylic acids is 1. The molecular weight excluding hydrogens is 278 g/mol. The summed E-state index contributed by atoms with van der Waals surface area (Å²) in [6.45, 7) is 3.20. The normalized spacial score (nSPS) is 15.4. The molecule has 3 rings (SSSR count). The number of rotatable bonds is 6. The Balaban J connectivity index is 1.51. The Morgan fingerprint density at radius 1 is 1.36 bits per heavy atom. The fraction of sp³-hybridized carbons (Fsp3) is 0.412. The summed E-state index contributed by atoms with van der Waals surface area (Å²) < 4.78 is 7.53. The molecule has 0 spiro atoms. The van der Waals surface area contributed by atoms with Gasteiger partial charge in [-0.1, -0.05) is 18.2 Å². The maximum Gasteiger partial charge on any atom is 0.271 e. The van der Waals surface area contributed by atoms with E-state index in [1.54, 1.807) is 10.7 Å². The summed E-state index contributed by atoms with van der Waals surface area (Å²) in [5, 5.41) is 7.18. The number of aromatic nitrogens is 2. The van der Waals surface area contributed by atoms with Crippen molar-refractivity contribution in [3.05, 3.63) is 47.8 Å². The van der Waals surface area contributed by atoms with Gasteiger partial charge in [-0.3, -0.25) is 9.48 Å². The van der Waals surface area contributed by atoms with E-state index in [1.807, 2.05) is 44.3 Å². The average molecular weight is 299 g/mol. The first-order valence-electron chi connectivity index (χ1n) is 7.55. The predicted molar refractivity (Wildman–Crippen MR) is 83.9 cm³/mol. The van der Waals surface area contributed by atoms with Crippen LogP contribution in [0.4, 0.5) is 0 Å². The van der Waals surface area contributed by atoms with E-state index < -0.39 is 0 Å². The number of nitrogens with zero attached hydrogens (tertiary/aromatic N) is 2. The van der Waals surface area contributed by atoms with Gasteiger partial charge in [0.05, 0.1) is 6.61 Å². The molecule has 0 atom stereocenters. The largest absolute Gasteiger partial charge is 0.493 e. The van der Waals surface area contributed by atoms with Crippen molar-refractivity contribution in [3.8, 4) is 5.75 Å². The van der Waals surface area contributed by atoms with Crippen molar-refractivity contribution in [2.24, 2.45) is 12.5 Å². The minimum Gasteiger partial charge on any atom is -0.493 e. The number of aryl methyl sites for hydroxylation is 2. The zero-order valence-corrected chi connectivity index (χ0v) is 13.0. The topological polar surface area (TPSA) is 56.1 Å². The van der Waals surface area contributed by atoms with E-state index in [-0.39, 0.29) is 11.3 Å². The third kappa shape index (κ3) is 3.30. The molecule has 1 aromatic heterocycles. The van der Waals surface area contributed by atoms with Crippen LogP contribution in [0.15, 0.2) is 36.4 Å². The third-order valence-corrected chi connectivity index (χ3v) is 4.22. The van der Waals surface area contributed by atoms with Crippen LogP contribution in [0, 0.1) is 12.3 Å². The van der Waals surface area contributed by atoms with E-state index in [0.717, 1.165) is 24.3 Å². The smallest absolute Gasteiger partial charge is 0.271 e. The molecular formula is C17H21N3O2. The lowest BCUT2D eigenvalue weighted by Gasteiger charge is -2.16. The van der Waals surface area contributed by atoms with Crippen LogP contribution in [0.3, 0.4) is 0 Å². The minimum atomic E-state index is -0.116. The molecule has 2 aromatic rings. The molecule has 1 aliphatic carbocycles. The Morgan fingerprint density at radius 3 is 2.68 bits per heavy atom. The summed E-state index contributed by atoms with van der Waals surface area (Å²) in [6.07, 6.45) is 2.17. The van der Waals surface area contributed by atoms with Gasteiger partial charge in [-0.05, 0) is 38.0 Å². The highest BCUT2D eigenvalue weighted by atomic mass is 16.5. The fourth-order valence-electron chi connectivity index (χ4n) is 2.33. The van der Waals surface area contributed by atoms with Gasteiger partial charge in [0.15, 0.2) is 0 Å². The molecule has 1 aliphatic rings. The van der Waals surface area contributed by atoms with E-state index in [4.69, 9.17) is 4.74 Å². The van der Waals surface area contributed by atoms with Crippen molar-refractivity contribution in [1.29, 1.82) is 0 Å². The molecule has 1 aromatic carbocycles. The highest BCUT2D eigenvalue weighted by Crippen LogP contribution is 2.45. The molecule has 0 unspecified atom stereocenters. The fourth-order valence-corrected chi connectivity index (χ4v) is 2.33. The summed E-state index contributed by atoms with van der Waals surface area (Å²) >= 11 is 0. The molecule has 0 aliphatic heterocycles. The van der Waals surface area contributed by atoms with Crippen LogP contribution in [0.5, 0.6) is 5.75 Å². The number of para-hydroxylation sites is 1. The first-order chi connectivity index (χ1) is 10.6. The van der Waals surface area contributed by atoms with Crippen molar-refractivity contribution in [1.82, 2.24) is 15.1 Å². The van der Waals surface area contributed by atoms with E-state index in [2.05, 4.69) is 10.4 Å². The van der Waals surface area contributed by atoms with Crippen LogP contribution in [0.25, 0.3) is 0 Å². The second-order valence-corrected chi connectivity index (χ2v) is 6.08. The van der Waals surface area contributed by atoms with Crippen LogP contribution in [0.1, 0.15) is 29.0 Å². The highest BCUT2D eigenvalue weighted by molar-refractivity contribution is 5.92. The van der Waals surface area contributed by atoms with Gasteiger partial charge in [-0.25, -0.2) is 0 Å². The summed E-state index contributed by atoms with van der Waals surface area (Å²) in [4.78, 5) is 12.1. The van der Waals surface area contributed by atoms with Crippen molar-refractivity contribution < 1.29 is 9.53 Å². The number of nitrogens with one attached hydrogen (secondary N) is 1. The second-order valence-electron chi connectivity index (χ2n) is 6.08. The lowest BCUT2D eigenvalue weighted by atomic mass is 10.1. The van der Waals surface area contributed by atoms with Gasteiger partial charge in [0.25, 0.3) is 5.91 Å². The Hall–Kier alpha value is -2.30. The summed E-state index contributed by atoms with van der Waals surface area (Å²) in [7, 11) is 1.84. The number of carbonyl (C=O) groups is 1. The Morgan fingerprint density at radius 2 is 2.09 bits per heavy atom. The van der Waals surface area contributed by atoms with Gasteiger partial charge < -0.3 is 10.1 Å². The van der Waals surface area contributed by atoms with Gasteiger partial charge in [0.2, 0.25) is 0 Å². The van der Waals surface area contributed by atoms with Crippen LogP contribution in [0.2, 0.25) is 0 Å². The molecule has 1 saturated carbocycles. The average Bonchev–Trinajstić information content (AvgIpc) is 3.23. The molecule has 22 heavy (non-hydrogen) atoms. The number of benzene rings is 1. The van der Waals surface area contributed by atoms with Crippen molar-refractivity contribution in [2.75, 3.05) is 13.2 Å². The molecule has 0 saturated heterocycles. The SMILES string of the molecule is Cc1cc(C(=O)NCC2(COc3ccccc3)CC2)nn1C. The first kappa shape index (κ1) is 14.6. The van der Waals surface area contributed by atoms with Crippen molar-refractivity contribution in [2.45, 2.75) is 19.8 Å². The molecule has 1 amide bonds. The maximum absolute atomic E-state index is 12.1. The number of hydrogen-bond acceptors (Lipinski definition) is 3. The van der Waals surface area contributed by atoms with E-state index in [0.29, 0.717) is 18.8 Å². The van der Waals surface area contributed by atoms with Gasteiger partial charge in [-0.2, -0.15) is 5.10 Å². The van der Waals surface area contributed by atoms with Crippen molar-refractivity contribution in [3.63, 3.8) is 0 Å². The maximum atomic E-state index is 12.1. The summed E-state index contributed by atoms with van der Waals surface area (Å²) in [5.41, 5.74) is 1.52. The molecule has 116 valence electrons. The molecule has 0 bridgehead atoms. The van der Waals surface area contributed by atoms with Gasteiger partial charge >= 0.3 is 0 Å². The highest BCUT2D eigenvalue weighted by Gasteiger charge is 2.43. The second kappa shape index (κ2) is 5.83. The van der Waals surface area contributed by atoms with E-state index in [9.17, 15) is 4.79 Å². The molecule has 0 radical (unpaired) electrons. The third-order valence-electron chi connectivity index (χ3n) is 4.22. The van der Waals surface area contributed by atoms with Crippen LogP contribution >= 0.6 is 0 Å². The van der Waals surface area contributed by atoms with Crippen LogP contribution in [-0.4, -0.2) is 28.8 Å². The lowest BCUT2D eigenvalue weighted by molar-refractivity contribution is 0.0932. The lowest BCUT2D eigenvalue weighted by Crippen LogP contribution is -2.33.